The second kappa shape index (κ2) is 6.17. The predicted octanol–water partition coefficient (Wildman–Crippen LogP) is 0.564. The third-order valence-electron chi connectivity index (χ3n) is 3.63. The van der Waals surface area contributed by atoms with Gasteiger partial charge in [0.25, 0.3) is 0 Å². The zero-order chi connectivity index (χ0) is 14.7. The zero-order valence-corrected chi connectivity index (χ0v) is 12.4. The van der Waals surface area contributed by atoms with Gasteiger partial charge in [-0.25, -0.2) is 0 Å². The highest BCUT2D eigenvalue weighted by atomic mass is 32.1. The average molecular weight is 307 g/mol. The third-order valence-corrected chi connectivity index (χ3v) is 4.03. The summed E-state index contributed by atoms with van der Waals surface area (Å²) >= 11 is 5.40. The first kappa shape index (κ1) is 13.9. The minimum absolute atomic E-state index is 0.283. The van der Waals surface area contributed by atoms with E-state index in [1.54, 1.807) is 4.90 Å². The molecule has 0 spiro atoms. The van der Waals surface area contributed by atoms with Crippen molar-refractivity contribution >= 4 is 23.7 Å². The lowest BCUT2D eigenvalue weighted by Gasteiger charge is -2.34. The van der Waals surface area contributed by atoms with Gasteiger partial charge in [0, 0.05) is 32.7 Å². The van der Waals surface area contributed by atoms with E-state index in [-0.39, 0.29) is 6.79 Å². The van der Waals surface area contributed by atoms with Crippen LogP contribution in [0.4, 0.5) is 0 Å². The van der Waals surface area contributed by atoms with Gasteiger partial charge in [0.05, 0.1) is 0 Å². The number of rotatable bonds is 3. The molecule has 1 amide bonds. The van der Waals surface area contributed by atoms with Crippen molar-refractivity contribution in [3.63, 3.8) is 0 Å². The van der Waals surface area contributed by atoms with Gasteiger partial charge in [0.2, 0.25) is 13.2 Å². The van der Waals surface area contributed by atoms with E-state index in [4.69, 9.17) is 21.7 Å². The average Bonchev–Trinajstić information content (AvgIpc) is 3.00. The molecule has 112 valence electrons. The number of amides is 1. The van der Waals surface area contributed by atoms with Gasteiger partial charge >= 0.3 is 0 Å². The Morgan fingerprint density at radius 2 is 2.00 bits per heavy atom. The highest BCUT2D eigenvalue weighted by Gasteiger charge is 2.18. The first-order valence-electron chi connectivity index (χ1n) is 6.87. The lowest BCUT2D eigenvalue weighted by atomic mass is 10.2. The standard InChI is InChI=1S/C14H17N3O3S/c18-9-16-3-5-17(6-4-16)14(21)15-8-11-1-2-12-13(7-11)20-10-19-12/h1-2,7,9H,3-6,8,10H2,(H,15,21). The molecule has 0 unspecified atom stereocenters. The first-order valence-corrected chi connectivity index (χ1v) is 7.28. The maximum atomic E-state index is 10.7. The number of nitrogens with zero attached hydrogens (tertiary/aromatic N) is 2. The fourth-order valence-corrected chi connectivity index (χ4v) is 2.63. The summed E-state index contributed by atoms with van der Waals surface area (Å²) in [4.78, 5) is 14.5. The Labute approximate surface area is 128 Å². The molecule has 1 aromatic rings. The molecule has 1 saturated heterocycles. The number of carbonyl (C=O) groups excluding carboxylic acids is 1. The Kier molecular flexibility index (Phi) is 4.10. The van der Waals surface area contributed by atoms with Crippen molar-refractivity contribution in [3.8, 4) is 11.5 Å². The van der Waals surface area contributed by atoms with E-state index in [2.05, 4.69) is 10.2 Å². The van der Waals surface area contributed by atoms with Crippen LogP contribution in [0.15, 0.2) is 18.2 Å². The monoisotopic (exact) mass is 307 g/mol. The summed E-state index contributed by atoms with van der Waals surface area (Å²) in [5.41, 5.74) is 1.09. The molecule has 0 radical (unpaired) electrons. The van der Waals surface area contributed by atoms with Gasteiger partial charge in [-0.05, 0) is 29.9 Å². The molecule has 3 rings (SSSR count). The van der Waals surface area contributed by atoms with Crippen molar-refractivity contribution in [2.45, 2.75) is 6.54 Å². The molecule has 2 heterocycles. The first-order chi connectivity index (χ1) is 10.3. The van der Waals surface area contributed by atoms with E-state index in [0.29, 0.717) is 6.54 Å². The number of hydrogen-bond acceptors (Lipinski definition) is 4. The number of benzene rings is 1. The molecule has 21 heavy (non-hydrogen) atoms. The van der Waals surface area contributed by atoms with Crippen molar-refractivity contribution in [1.82, 2.24) is 15.1 Å². The Morgan fingerprint density at radius 3 is 2.76 bits per heavy atom. The molecular weight excluding hydrogens is 290 g/mol. The van der Waals surface area contributed by atoms with Crippen LogP contribution >= 0.6 is 12.2 Å². The Balaban J connectivity index is 1.51. The number of ether oxygens (including phenoxy) is 2. The van der Waals surface area contributed by atoms with Crippen molar-refractivity contribution in [2.75, 3.05) is 33.0 Å². The number of hydrogen-bond donors (Lipinski definition) is 1. The van der Waals surface area contributed by atoms with Crippen LogP contribution in [0, 0.1) is 0 Å². The normalized spacial score (nSPS) is 16.8. The van der Waals surface area contributed by atoms with E-state index < -0.39 is 0 Å². The van der Waals surface area contributed by atoms with Crippen LogP contribution in [-0.4, -0.2) is 54.3 Å². The lowest BCUT2D eigenvalue weighted by molar-refractivity contribution is -0.119. The maximum absolute atomic E-state index is 10.7. The number of carbonyl (C=O) groups is 1. The van der Waals surface area contributed by atoms with Gasteiger partial charge < -0.3 is 24.6 Å². The van der Waals surface area contributed by atoms with Crippen LogP contribution in [-0.2, 0) is 11.3 Å². The second-order valence-corrected chi connectivity index (χ2v) is 5.36. The lowest BCUT2D eigenvalue weighted by Crippen LogP contribution is -2.51. The smallest absolute Gasteiger partial charge is 0.231 e. The SMILES string of the molecule is O=CN1CCN(C(=S)NCc2ccc3c(c2)OCO3)CC1. The highest BCUT2D eigenvalue weighted by Crippen LogP contribution is 2.32. The zero-order valence-electron chi connectivity index (χ0n) is 11.6. The molecule has 7 heteroatoms. The van der Waals surface area contributed by atoms with Crippen molar-refractivity contribution in [3.05, 3.63) is 23.8 Å². The molecule has 0 bridgehead atoms. The summed E-state index contributed by atoms with van der Waals surface area (Å²) in [5, 5.41) is 3.97. The van der Waals surface area contributed by atoms with Crippen molar-refractivity contribution in [2.24, 2.45) is 0 Å². The van der Waals surface area contributed by atoms with E-state index in [1.807, 2.05) is 18.2 Å². The van der Waals surface area contributed by atoms with Gasteiger partial charge in [0.1, 0.15) is 0 Å². The molecule has 0 saturated carbocycles. The number of piperazine rings is 1. The highest BCUT2D eigenvalue weighted by molar-refractivity contribution is 7.80. The number of nitrogens with one attached hydrogen (secondary N) is 1. The van der Waals surface area contributed by atoms with Crippen LogP contribution in [0.3, 0.4) is 0 Å². The quantitative estimate of drug-likeness (QED) is 0.651. The van der Waals surface area contributed by atoms with Gasteiger partial charge in [-0.2, -0.15) is 0 Å². The summed E-state index contributed by atoms with van der Waals surface area (Å²) in [5.74, 6) is 1.56. The predicted molar refractivity (Wildman–Crippen MR) is 81.2 cm³/mol. The summed E-state index contributed by atoms with van der Waals surface area (Å²) in [6, 6.07) is 5.86. The molecule has 0 atom stereocenters. The summed E-state index contributed by atoms with van der Waals surface area (Å²) < 4.78 is 10.6. The minimum atomic E-state index is 0.283. The second-order valence-electron chi connectivity index (χ2n) is 4.97. The molecule has 2 aliphatic rings. The molecule has 6 nitrogen and oxygen atoms in total. The van der Waals surface area contributed by atoms with E-state index in [9.17, 15) is 4.79 Å². The Hall–Kier alpha value is -2.02. The minimum Gasteiger partial charge on any atom is -0.454 e. The molecular formula is C14H17N3O3S. The van der Waals surface area contributed by atoms with Crippen molar-refractivity contribution in [1.29, 1.82) is 0 Å². The molecule has 2 aliphatic heterocycles. The van der Waals surface area contributed by atoms with Gasteiger partial charge in [-0.3, -0.25) is 4.79 Å². The van der Waals surface area contributed by atoms with Crippen LogP contribution in [0.25, 0.3) is 0 Å². The Bertz CT molecular complexity index is 544. The maximum Gasteiger partial charge on any atom is 0.231 e. The Morgan fingerprint density at radius 1 is 1.24 bits per heavy atom. The number of fused-ring (bicyclic) bond motifs is 1. The van der Waals surface area contributed by atoms with Crippen LogP contribution < -0.4 is 14.8 Å². The summed E-state index contributed by atoms with van der Waals surface area (Å²) in [6.45, 7) is 3.90. The van der Waals surface area contributed by atoms with Gasteiger partial charge in [0.15, 0.2) is 16.6 Å². The van der Waals surface area contributed by atoms with Crippen LogP contribution in [0.5, 0.6) is 11.5 Å². The van der Waals surface area contributed by atoms with Crippen molar-refractivity contribution < 1.29 is 14.3 Å². The van der Waals surface area contributed by atoms with Crippen LogP contribution in [0.1, 0.15) is 5.56 Å². The van der Waals surface area contributed by atoms with Gasteiger partial charge in [-0.15, -0.1) is 0 Å². The molecule has 0 aliphatic carbocycles. The van der Waals surface area contributed by atoms with E-state index >= 15 is 0 Å². The molecule has 1 fully saturated rings. The third kappa shape index (κ3) is 3.18. The van der Waals surface area contributed by atoms with Gasteiger partial charge in [-0.1, -0.05) is 6.07 Å². The van der Waals surface area contributed by atoms with E-state index in [1.165, 1.54) is 0 Å². The van der Waals surface area contributed by atoms with Crippen LogP contribution in [0.2, 0.25) is 0 Å². The molecule has 1 N–H and O–H groups in total. The fraction of sp³-hybridized carbons (Fsp3) is 0.429. The summed E-state index contributed by atoms with van der Waals surface area (Å²) in [7, 11) is 0. The van der Waals surface area contributed by atoms with E-state index in [0.717, 1.165) is 54.8 Å². The number of thiocarbonyl (C=S) groups is 1. The fourth-order valence-electron chi connectivity index (χ4n) is 2.37. The molecule has 1 aromatic carbocycles. The topological polar surface area (TPSA) is 54.0 Å². The largest absolute Gasteiger partial charge is 0.454 e. The molecule has 0 aromatic heterocycles. The summed E-state index contributed by atoms with van der Waals surface area (Å²) in [6.07, 6.45) is 0.889.